The summed E-state index contributed by atoms with van der Waals surface area (Å²) >= 11 is 0. The van der Waals surface area contributed by atoms with Gasteiger partial charge in [0, 0.05) is 19.5 Å². The lowest BCUT2D eigenvalue weighted by molar-refractivity contribution is -0.121. The van der Waals surface area contributed by atoms with E-state index >= 15 is 0 Å². The van der Waals surface area contributed by atoms with Crippen molar-refractivity contribution in [3.8, 4) is 0 Å². The second-order valence-corrected chi connectivity index (χ2v) is 5.94. The number of hydrogen-bond acceptors (Lipinski definition) is 2. The summed E-state index contributed by atoms with van der Waals surface area (Å²) in [5, 5.41) is 3.00. The summed E-state index contributed by atoms with van der Waals surface area (Å²) in [6, 6.07) is 8.17. The molecule has 0 radical (unpaired) electrons. The molecule has 1 amide bonds. The van der Waals surface area contributed by atoms with E-state index in [-0.39, 0.29) is 5.91 Å². The molecule has 1 N–H and O–H groups in total. The fourth-order valence-electron chi connectivity index (χ4n) is 2.45. The van der Waals surface area contributed by atoms with Gasteiger partial charge < -0.3 is 9.88 Å². The van der Waals surface area contributed by atoms with E-state index in [1.165, 1.54) is 5.52 Å². The SMILES string of the molecule is Cc1nc2ccccc2n1CCCNC(=O)CCC(C)C. The lowest BCUT2D eigenvalue weighted by Gasteiger charge is -2.09. The zero-order chi connectivity index (χ0) is 15.2. The highest BCUT2D eigenvalue weighted by atomic mass is 16.1. The minimum Gasteiger partial charge on any atom is -0.356 e. The fourth-order valence-corrected chi connectivity index (χ4v) is 2.45. The third kappa shape index (κ3) is 4.31. The van der Waals surface area contributed by atoms with Gasteiger partial charge in [-0.05, 0) is 37.8 Å². The first-order valence-corrected chi connectivity index (χ1v) is 7.76. The third-order valence-electron chi connectivity index (χ3n) is 3.67. The maximum Gasteiger partial charge on any atom is 0.220 e. The van der Waals surface area contributed by atoms with E-state index in [0.717, 1.165) is 37.3 Å². The van der Waals surface area contributed by atoms with Crippen LogP contribution in [0.4, 0.5) is 0 Å². The molecule has 1 aromatic carbocycles. The molecule has 0 atom stereocenters. The first kappa shape index (κ1) is 15.5. The zero-order valence-corrected chi connectivity index (χ0v) is 13.2. The van der Waals surface area contributed by atoms with Crippen molar-refractivity contribution in [3.63, 3.8) is 0 Å². The van der Waals surface area contributed by atoms with Gasteiger partial charge in [0.2, 0.25) is 5.91 Å². The molecule has 2 aromatic rings. The highest BCUT2D eigenvalue weighted by Gasteiger charge is 2.06. The number of imidazole rings is 1. The van der Waals surface area contributed by atoms with Crippen molar-refractivity contribution in [2.24, 2.45) is 5.92 Å². The lowest BCUT2D eigenvalue weighted by atomic mass is 10.1. The van der Waals surface area contributed by atoms with Gasteiger partial charge in [0.15, 0.2) is 0 Å². The second-order valence-electron chi connectivity index (χ2n) is 5.94. The van der Waals surface area contributed by atoms with Gasteiger partial charge >= 0.3 is 0 Å². The molecule has 21 heavy (non-hydrogen) atoms. The van der Waals surface area contributed by atoms with Gasteiger partial charge in [-0.15, -0.1) is 0 Å². The maximum absolute atomic E-state index is 11.7. The van der Waals surface area contributed by atoms with Crippen molar-refractivity contribution < 1.29 is 4.79 Å². The second kappa shape index (κ2) is 7.25. The molecule has 4 heteroatoms. The standard InChI is InChI=1S/C17H25N3O/c1-13(2)9-10-17(21)18-11-6-12-20-14(3)19-15-7-4-5-8-16(15)20/h4-5,7-8,13H,6,9-12H2,1-3H3,(H,18,21). The summed E-state index contributed by atoms with van der Waals surface area (Å²) in [6.45, 7) is 7.92. The summed E-state index contributed by atoms with van der Waals surface area (Å²) < 4.78 is 2.22. The topological polar surface area (TPSA) is 46.9 Å². The molecule has 0 unspecified atom stereocenters. The minimum atomic E-state index is 0.163. The van der Waals surface area contributed by atoms with E-state index in [1.807, 2.05) is 25.1 Å². The van der Waals surface area contributed by atoms with Crippen LogP contribution in [-0.4, -0.2) is 22.0 Å². The molecule has 0 bridgehead atoms. The largest absolute Gasteiger partial charge is 0.356 e. The number of fused-ring (bicyclic) bond motifs is 1. The molecule has 114 valence electrons. The summed E-state index contributed by atoms with van der Waals surface area (Å²) in [7, 11) is 0. The Kier molecular flexibility index (Phi) is 5.37. The van der Waals surface area contributed by atoms with Gasteiger partial charge in [0.25, 0.3) is 0 Å². The Bertz CT molecular complexity index is 601. The van der Waals surface area contributed by atoms with Gasteiger partial charge in [-0.25, -0.2) is 4.98 Å². The Labute approximate surface area is 126 Å². The number of nitrogens with zero attached hydrogens (tertiary/aromatic N) is 2. The molecule has 0 saturated heterocycles. The number of hydrogen-bond donors (Lipinski definition) is 1. The van der Waals surface area contributed by atoms with E-state index in [2.05, 4.69) is 34.8 Å². The zero-order valence-electron chi connectivity index (χ0n) is 13.2. The number of benzene rings is 1. The highest BCUT2D eigenvalue weighted by Crippen LogP contribution is 2.15. The van der Waals surface area contributed by atoms with Crippen LogP contribution in [0, 0.1) is 12.8 Å². The Hall–Kier alpha value is -1.84. The molecular weight excluding hydrogens is 262 g/mol. The number of amides is 1. The Balaban J connectivity index is 1.80. The smallest absolute Gasteiger partial charge is 0.220 e. The lowest BCUT2D eigenvalue weighted by Crippen LogP contribution is -2.25. The van der Waals surface area contributed by atoms with Crippen molar-refractivity contribution in [2.75, 3.05) is 6.54 Å². The van der Waals surface area contributed by atoms with Crippen LogP contribution >= 0.6 is 0 Å². The molecular formula is C17H25N3O. The molecule has 2 rings (SSSR count). The average molecular weight is 287 g/mol. The number of nitrogens with one attached hydrogen (secondary N) is 1. The number of rotatable bonds is 7. The quantitative estimate of drug-likeness (QED) is 0.794. The fraction of sp³-hybridized carbons (Fsp3) is 0.529. The summed E-state index contributed by atoms with van der Waals surface area (Å²) in [6.07, 6.45) is 2.51. The molecule has 0 aliphatic rings. The van der Waals surface area contributed by atoms with Gasteiger partial charge in [-0.2, -0.15) is 0 Å². The van der Waals surface area contributed by atoms with Gasteiger partial charge in [0.1, 0.15) is 5.82 Å². The number of aromatic nitrogens is 2. The van der Waals surface area contributed by atoms with Crippen molar-refractivity contribution in [2.45, 2.75) is 46.6 Å². The highest BCUT2D eigenvalue weighted by molar-refractivity contribution is 5.76. The summed E-state index contributed by atoms with van der Waals surface area (Å²) in [5.74, 6) is 1.77. The molecule has 0 aliphatic carbocycles. The molecule has 0 fully saturated rings. The predicted molar refractivity (Wildman–Crippen MR) is 86.2 cm³/mol. The van der Waals surface area contributed by atoms with Crippen LogP contribution in [0.15, 0.2) is 24.3 Å². The first-order valence-electron chi connectivity index (χ1n) is 7.76. The van der Waals surface area contributed by atoms with E-state index in [9.17, 15) is 4.79 Å². The minimum absolute atomic E-state index is 0.163. The Morgan fingerprint density at radius 3 is 2.86 bits per heavy atom. The average Bonchev–Trinajstić information content (AvgIpc) is 2.77. The van der Waals surface area contributed by atoms with Gasteiger partial charge in [-0.3, -0.25) is 4.79 Å². The summed E-state index contributed by atoms with van der Waals surface area (Å²) in [5.41, 5.74) is 2.21. The molecule has 1 aromatic heterocycles. The molecule has 4 nitrogen and oxygen atoms in total. The number of aryl methyl sites for hydroxylation is 2. The number of carbonyl (C=O) groups is 1. The maximum atomic E-state index is 11.7. The van der Waals surface area contributed by atoms with Crippen molar-refractivity contribution in [1.29, 1.82) is 0 Å². The number of carbonyl (C=O) groups excluding carboxylic acids is 1. The van der Waals surface area contributed by atoms with Crippen LogP contribution < -0.4 is 5.32 Å². The van der Waals surface area contributed by atoms with Gasteiger partial charge in [0.05, 0.1) is 11.0 Å². The monoisotopic (exact) mass is 287 g/mol. The summed E-state index contributed by atoms with van der Waals surface area (Å²) in [4.78, 5) is 16.2. The predicted octanol–water partition coefficient (Wildman–Crippen LogP) is 3.29. The normalized spacial score (nSPS) is 11.2. The Morgan fingerprint density at radius 2 is 2.10 bits per heavy atom. The molecule has 0 aliphatic heterocycles. The van der Waals surface area contributed by atoms with Crippen LogP contribution in [0.3, 0.4) is 0 Å². The van der Waals surface area contributed by atoms with Crippen LogP contribution in [0.2, 0.25) is 0 Å². The Morgan fingerprint density at radius 1 is 1.33 bits per heavy atom. The molecule has 0 spiro atoms. The van der Waals surface area contributed by atoms with Crippen LogP contribution in [-0.2, 0) is 11.3 Å². The van der Waals surface area contributed by atoms with Crippen LogP contribution in [0.5, 0.6) is 0 Å². The third-order valence-corrected chi connectivity index (χ3v) is 3.67. The molecule has 1 heterocycles. The van der Waals surface area contributed by atoms with E-state index in [4.69, 9.17) is 0 Å². The first-order chi connectivity index (χ1) is 10.1. The van der Waals surface area contributed by atoms with E-state index in [0.29, 0.717) is 12.3 Å². The van der Waals surface area contributed by atoms with Crippen molar-refractivity contribution in [1.82, 2.24) is 14.9 Å². The van der Waals surface area contributed by atoms with E-state index < -0.39 is 0 Å². The van der Waals surface area contributed by atoms with Crippen molar-refractivity contribution in [3.05, 3.63) is 30.1 Å². The van der Waals surface area contributed by atoms with Crippen LogP contribution in [0.25, 0.3) is 11.0 Å². The van der Waals surface area contributed by atoms with E-state index in [1.54, 1.807) is 0 Å². The van der Waals surface area contributed by atoms with Crippen molar-refractivity contribution >= 4 is 16.9 Å². The number of para-hydroxylation sites is 2. The molecule has 0 saturated carbocycles. The van der Waals surface area contributed by atoms with Gasteiger partial charge in [-0.1, -0.05) is 26.0 Å². The van der Waals surface area contributed by atoms with Crippen LogP contribution in [0.1, 0.15) is 38.9 Å².